The van der Waals surface area contributed by atoms with Crippen LogP contribution < -0.4 is 0 Å². The Bertz CT molecular complexity index is 1230. The van der Waals surface area contributed by atoms with Gasteiger partial charge in [-0.1, -0.05) is 72.3 Å². The Kier molecular flexibility index (Phi) is 3.98. The lowest BCUT2D eigenvalue weighted by Gasteiger charge is -2.06. The molecule has 2 heteroatoms. The molecule has 0 amide bonds. The second-order valence-corrected chi connectivity index (χ2v) is 7.55. The fraction of sp³-hybridized carbons (Fsp3) is 0.115. The second-order valence-electron chi connectivity index (χ2n) is 7.55. The van der Waals surface area contributed by atoms with E-state index in [2.05, 4.69) is 78.4 Å². The molecule has 0 atom stereocenters. The molecule has 0 saturated carbocycles. The summed E-state index contributed by atoms with van der Waals surface area (Å²) >= 11 is 0. The molecule has 0 bridgehead atoms. The number of benzene rings is 3. The molecule has 0 radical (unpaired) electrons. The highest BCUT2D eigenvalue weighted by Gasteiger charge is 2.24. The minimum atomic E-state index is 0.158. The second kappa shape index (κ2) is 6.65. The van der Waals surface area contributed by atoms with E-state index in [1.54, 1.807) is 0 Å². The van der Waals surface area contributed by atoms with Crippen LogP contribution in [0.3, 0.4) is 0 Å². The minimum absolute atomic E-state index is 0.158. The number of nitrogens with zero attached hydrogens (tertiary/aromatic N) is 1. The Morgan fingerprint density at radius 2 is 1.68 bits per heavy atom. The number of Topliss-reactive ketones (excluding diaryl/α,β-unsaturated/α-hetero) is 1. The smallest absolute Gasteiger partial charge is 0.189 e. The van der Waals surface area contributed by atoms with Crippen molar-refractivity contribution < 1.29 is 4.79 Å². The van der Waals surface area contributed by atoms with Crippen molar-refractivity contribution in [3.63, 3.8) is 0 Å². The third-order valence-corrected chi connectivity index (χ3v) is 5.56. The van der Waals surface area contributed by atoms with Crippen LogP contribution in [0.2, 0.25) is 0 Å². The summed E-state index contributed by atoms with van der Waals surface area (Å²) in [7, 11) is 0. The molecule has 0 aliphatic heterocycles. The third kappa shape index (κ3) is 2.87. The van der Waals surface area contributed by atoms with Gasteiger partial charge in [-0.2, -0.15) is 0 Å². The summed E-state index contributed by atoms with van der Waals surface area (Å²) in [5.74, 6) is 0.158. The zero-order valence-electron chi connectivity index (χ0n) is 15.9. The first-order valence-corrected chi connectivity index (χ1v) is 9.65. The highest BCUT2D eigenvalue weighted by Crippen LogP contribution is 2.30. The number of hydrogen-bond donors (Lipinski definition) is 0. The number of hydrogen-bond acceptors (Lipinski definition) is 1. The van der Waals surface area contributed by atoms with E-state index in [0.717, 1.165) is 28.8 Å². The zero-order valence-corrected chi connectivity index (χ0v) is 15.9. The van der Waals surface area contributed by atoms with Crippen molar-refractivity contribution in [2.24, 2.45) is 0 Å². The highest BCUT2D eigenvalue weighted by molar-refractivity contribution is 6.16. The quantitative estimate of drug-likeness (QED) is 0.420. The van der Waals surface area contributed by atoms with E-state index in [0.29, 0.717) is 6.42 Å². The lowest BCUT2D eigenvalue weighted by atomic mass is 10.1. The Morgan fingerprint density at radius 1 is 0.929 bits per heavy atom. The van der Waals surface area contributed by atoms with Gasteiger partial charge in [0.15, 0.2) is 5.78 Å². The van der Waals surface area contributed by atoms with Crippen molar-refractivity contribution in [3.05, 3.63) is 112 Å². The van der Waals surface area contributed by atoms with Gasteiger partial charge in [0.25, 0.3) is 0 Å². The van der Waals surface area contributed by atoms with Crippen LogP contribution in [0.4, 0.5) is 0 Å². The highest BCUT2D eigenvalue weighted by atomic mass is 16.1. The molecule has 1 heterocycles. The number of rotatable bonds is 3. The number of fused-ring (bicyclic) bond motifs is 2. The average molecular weight is 363 g/mol. The van der Waals surface area contributed by atoms with Gasteiger partial charge in [0.1, 0.15) is 0 Å². The summed E-state index contributed by atoms with van der Waals surface area (Å²) < 4.78 is 2.28. The van der Waals surface area contributed by atoms with Gasteiger partial charge < -0.3 is 4.57 Å². The molecule has 5 rings (SSSR count). The largest absolute Gasteiger partial charge is 0.342 e. The molecule has 0 unspecified atom stereocenters. The molecule has 0 fully saturated rings. The van der Waals surface area contributed by atoms with Crippen molar-refractivity contribution in [2.75, 3.05) is 0 Å². The van der Waals surface area contributed by atoms with Crippen LogP contribution >= 0.6 is 0 Å². The molecular weight excluding hydrogens is 342 g/mol. The summed E-state index contributed by atoms with van der Waals surface area (Å²) in [6.07, 6.45) is 4.97. The van der Waals surface area contributed by atoms with Gasteiger partial charge in [0.05, 0.1) is 0 Å². The van der Waals surface area contributed by atoms with Crippen molar-refractivity contribution in [1.29, 1.82) is 0 Å². The Labute approximate surface area is 164 Å². The molecule has 1 aliphatic rings. The molecule has 1 aliphatic carbocycles. The number of carbonyl (C=O) groups excluding carboxylic acids is 1. The minimum Gasteiger partial charge on any atom is -0.342 e. The van der Waals surface area contributed by atoms with Gasteiger partial charge in [-0.05, 0) is 30.2 Å². The van der Waals surface area contributed by atoms with E-state index in [-0.39, 0.29) is 5.78 Å². The third-order valence-electron chi connectivity index (χ3n) is 5.56. The van der Waals surface area contributed by atoms with Crippen LogP contribution in [-0.2, 0) is 13.0 Å². The van der Waals surface area contributed by atoms with Crippen LogP contribution in [-0.4, -0.2) is 10.4 Å². The van der Waals surface area contributed by atoms with E-state index in [1.807, 2.05) is 18.2 Å². The molecule has 2 nitrogen and oxygen atoms in total. The predicted octanol–water partition coefficient (Wildman–Crippen LogP) is 5.82. The number of allylic oxidation sites excluding steroid dienone is 1. The molecule has 136 valence electrons. The SMILES string of the molecule is Cc1ccc(Cn2cc(/C=C3\Cc4ccccc4C3=O)c3ccccc32)cc1. The Morgan fingerprint density at radius 3 is 2.50 bits per heavy atom. The normalized spacial score (nSPS) is 14.8. The molecule has 0 saturated heterocycles. The van der Waals surface area contributed by atoms with Crippen molar-refractivity contribution in [3.8, 4) is 0 Å². The fourth-order valence-electron chi connectivity index (χ4n) is 4.07. The monoisotopic (exact) mass is 363 g/mol. The summed E-state index contributed by atoms with van der Waals surface area (Å²) in [4.78, 5) is 12.8. The summed E-state index contributed by atoms with van der Waals surface area (Å²) in [5.41, 5.74) is 7.69. The molecule has 3 aromatic carbocycles. The lowest BCUT2D eigenvalue weighted by Crippen LogP contribution is -1.97. The van der Waals surface area contributed by atoms with Gasteiger partial charge in [-0.25, -0.2) is 0 Å². The predicted molar refractivity (Wildman–Crippen MR) is 115 cm³/mol. The van der Waals surface area contributed by atoms with E-state index in [1.165, 1.54) is 22.0 Å². The molecule has 28 heavy (non-hydrogen) atoms. The molecule has 0 spiro atoms. The zero-order chi connectivity index (χ0) is 19.1. The number of para-hydroxylation sites is 1. The van der Waals surface area contributed by atoms with Crippen LogP contribution in [0, 0.1) is 6.92 Å². The topological polar surface area (TPSA) is 22.0 Å². The molecule has 1 aromatic heterocycles. The van der Waals surface area contributed by atoms with Crippen LogP contribution in [0.15, 0.2) is 84.6 Å². The van der Waals surface area contributed by atoms with Gasteiger partial charge >= 0.3 is 0 Å². The number of ketones is 1. The van der Waals surface area contributed by atoms with Crippen LogP contribution in [0.25, 0.3) is 17.0 Å². The maximum Gasteiger partial charge on any atom is 0.189 e. The average Bonchev–Trinajstić information content (AvgIpc) is 3.22. The van der Waals surface area contributed by atoms with Gasteiger partial charge in [-0.3, -0.25) is 4.79 Å². The Balaban J connectivity index is 1.56. The van der Waals surface area contributed by atoms with E-state index >= 15 is 0 Å². The summed E-state index contributed by atoms with van der Waals surface area (Å²) in [6.45, 7) is 2.92. The van der Waals surface area contributed by atoms with Crippen LogP contribution in [0.1, 0.15) is 32.6 Å². The molecule has 4 aromatic rings. The van der Waals surface area contributed by atoms with Gasteiger partial charge in [0, 0.05) is 46.8 Å². The first-order valence-electron chi connectivity index (χ1n) is 9.65. The van der Waals surface area contributed by atoms with E-state index in [4.69, 9.17) is 0 Å². The standard InChI is InChI=1S/C26H21NO/c1-18-10-12-19(13-11-18)16-27-17-22(23-7-4-5-9-25(23)27)15-21-14-20-6-2-3-8-24(20)26(21)28/h2-13,15,17H,14,16H2,1H3/b21-15+. The summed E-state index contributed by atoms with van der Waals surface area (Å²) in [5, 5.41) is 1.19. The first-order chi connectivity index (χ1) is 13.7. The van der Waals surface area contributed by atoms with Crippen molar-refractivity contribution in [2.45, 2.75) is 19.9 Å². The van der Waals surface area contributed by atoms with Crippen molar-refractivity contribution >= 4 is 22.8 Å². The van der Waals surface area contributed by atoms with Crippen molar-refractivity contribution in [1.82, 2.24) is 4.57 Å². The summed E-state index contributed by atoms with van der Waals surface area (Å²) in [6, 6.07) is 25.0. The van der Waals surface area contributed by atoms with E-state index < -0.39 is 0 Å². The number of aromatic nitrogens is 1. The first kappa shape index (κ1) is 16.8. The van der Waals surface area contributed by atoms with E-state index in [9.17, 15) is 4.79 Å². The molecule has 0 N–H and O–H groups in total. The number of carbonyl (C=O) groups is 1. The maximum absolute atomic E-state index is 12.8. The van der Waals surface area contributed by atoms with Crippen LogP contribution in [0.5, 0.6) is 0 Å². The van der Waals surface area contributed by atoms with Gasteiger partial charge in [0.2, 0.25) is 0 Å². The fourth-order valence-corrected chi connectivity index (χ4v) is 4.07. The molecular formula is C26H21NO. The lowest BCUT2D eigenvalue weighted by molar-refractivity contribution is 0.104. The number of aryl methyl sites for hydroxylation is 1. The maximum atomic E-state index is 12.8. The Hall–Kier alpha value is -3.39. The van der Waals surface area contributed by atoms with Gasteiger partial charge in [-0.15, -0.1) is 0 Å².